The number of aromatic nitrogens is 2. The van der Waals surface area contributed by atoms with E-state index in [1.165, 1.54) is 12.5 Å². The summed E-state index contributed by atoms with van der Waals surface area (Å²) in [6, 6.07) is 3.72. The van der Waals surface area contributed by atoms with Crippen LogP contribution < -0.4 is 10.5 Å². The Bertz CT molecular complexity index is 782. The number of aromatic amines is 1. The summed E-state index contributed by atoms with van der Waals surface area (Å²) in [5.41, 5.74) is 7.15. The summed E-state index contributed by atoms with van der Waals surface area (Å²) in [6.07, 6.45) is 2.98. The van der Waals surface area contributed by atoms with Crippen LogP contribution in [0.1, 0.15) is 34.7 Å². The van der Waals surface area contributed by atoms with E-state index >= 15 is 0 Å². The number of carbonyl (C=O) groups is 1. The van der Waals surface area contributed by atoms with Gasteiger partial charge in [0.25, 0.3) is 0 Å². The first-order valence-electron chi connectivity index (χ1n) is 6.52. The van der Waals surface area contributed by atoms with E-state index in [4.69, 9.17) is 19.6 Å². The van der Waals surface area contributed by atoms with Crippen molar-refractivity contribution in [1.29, 1.82) is 5.26 Å². The van der Waals surface area contributed by atoms with Gasteiger partial charge in [-0.05, 0) is 13.0 Å². The van der Waals surface area contributed by atoms with E-state index in [1.807, 2.05) is 6.07 Å². The monoisotopic (exact) mass is 300 g/mol. The van der Waals surface area contributed by atoms with Crippen LogP contribution in [0.4, 0.5) is 0 Å². The highest BCUT2D eigenvalue weighted by molar-refractivity contribution is 5.85. The number of nitriles is 1. The Morgan fingerprint density at radius 1 is 1.64 bits per heavy atom. The number of rotatable bonds is 3. The van der Waals surface area contributed by atoms with Gasteiger partial charge in [0.15, 0.2) is 0 Å². The highest BCUT2D eigenvalue weighted by Gasteiger charge is 2.35. The molecule has 2 aromatic rings. The molecule has 0 aromatic carbocycles. The normalized spacial score (nSPS) is 16.6. The third kappa shape index (κ3) is 2.09. The Balaban J connectivity index is 2.10. The van der Waals surface area contributed by atoms with Crippen LogP contribution in [0.2, 0.25) is 0 Å². The van der Waals surface area contributed by atoms with E-state index in [9.17, 15) is 10.1 Å². The minimum absolute atomic E-state index is 0.00710. The van der Waals surface area contributed by atoms with Crippen molar-refractivity contribution >= 4 is 5.97 Å². The van der Waals surface area contributed by atoms with Gasteiger partial charge in [0.05, 0.1) is 30.7 Å². The third-order valence-corrected chi connectivity index (χ3v) is 3.21. The number of nitrogens with zero attached hydrogens (tertiary/aromatic N) is 2. The number of imidazole rings is 1. The summed E-state index contributed by atoms with van der Waals surface area (Å²) in [4.78, 5) is 18.7. The minimum atomic E-state index is -0.608. The molecule has 1 aliphatic rings. The van der Waals surface area contributed by atoms with Crippen molar-refractivity contribution in [3.8, 4) is 11.9 Å². The van der Waals surface area contributed by atoms with Gasteiger partial charge in [0.1, 0.15) is 11.6 Å². The molecule has 2 aromatic heterocycles. The van der Waals surface area contributed by atoms with Crippen molar-refractivity contribution in [2.24, 2.45) is 5.73 Å². The maximum atomic E-state index is 11.8. The smallest absolute Gasteiger partial charge is 0.374 e. The van der Waals surface area contributed by atoms with E-state index < -0.39 is 11.9 Å². The quantitative estimate of drug-likeness (QED) is 0.820. The number of ether oxygens (including phenoxy) is 2. The number of hydrogen-bond donors (Lipinski definition) is 2. The summed E-state index contributed by atoms with van der Waals surface area (Å²) < 4.78 is 15.3. The van der Waals surface area contributed by atoms with Crippen LogP contribution in [0, 0.1) is 11.3 Å². The van der Waals surface area contributed by atoms with Crippen molar-refractivity contribution in [2.45, 2.75) is 12.8 Å². The number of furan rings is 1. The van der Waals surface area contributed by atoms with Crippen molar-refractivity contribution in [3.63, 3.8) is 0 Å². The molecule has 0 radical (unpaired) electrons. The molecule has 22 heavy (non-hydrogen) atoms. The van der Waals surface area contributed by atoms with E-state index in [0.29, 0.717) is 11.3 Å². The molecule has 0 unspecified atom stereocenters. The van der Waals surface area contributed by atoms with Gasteiger partial charge in [-0.2, -0.15) is 10.2 Å². The summed E-state index contributed by atoms with van der Waals surface area (Å²) in [7, 11) is 0. The molecule has 3 heterocycles. The van der Waals surface area contributed by atoms with Crippen molar-refractivity contribution in [1.82, 2.24) is 9.97 Å². The highest BCUT2D eigenvalue weighted by Crippen LogP contribution is 2.40. The molecule has 112 valence electrons. The average molecular weight is 300 g/mol. The molecule has 0 aliphatic carbocycles. The Labute approximate surface area is 125 Å². The molecule has 1 aliphatic heterocycles. The zero-order valence-corrected chi connectivity index (χ0v) is 11.6. The van der Waals surface area contributed by atoms with Crippen LogP contribution in [0.15, 0.2) is 34.5 Å². The van der Waals surface area contributed by atoms with Crippen molar-refractivity contribution in [2.75, 3.05) is 6.61 Å². The predicted octanol–water partition coefficient (Wildman–Crippen LogP) is 1.40. The van der Waals surface area contributed by atoms with Gasteiger partial charge >= 0.3 is 5.97 Å². The second kappa shape index (κ2) is 5.29. The zero-order valence-electron chi connectivity index (χ0n) is 11.6. The number of esters is 1. The topological polar surface area (TPSA) is 127 Å². The number of fused-ring (bicyclic) bond motifs is 1. The van der Waals surface area contributed by atoms with Crippen LogP contribution in [-0.4, -0.2) is 22.5 Å². The van der Waals surface area contributed by atoms with Crippen molar-refractivity contribution in [3.05, 3.63) is 47.1 Å². The van der Waals surface area contributed by atoms with E-state index in [1.54, 1.807) is 13.0 Å². The van der Waals surface area contributed by atoms with Crippen LogP contribution >= 0.6 is 0 Å². The average Bonchev–Trinajstić information content (AvgIpc) is 3.15. The molecule has 3 rings (SSSR count). The van der Waals surface area contributed by atoms with Gasteiger partial charge in [-0.15, -0.1) is 0 Å². The molecule has 8 heteroatoms. The lowest BCUT2D eigenvalue weighted by Crippen LogP contribution is -2.20. The summed E-state index contributed by atoms with van der Waals surface area (Å²) in [6.45, 7) is 1.92. The zero-order chi connectivity index (χ0) is 15.7. The Morgan fingerprint density at radius 2 is 2.45 bits per heavy atom. The molecule has 3 N–H and O–H groups in total. The van der Waals surface area contributed by atoms with E-state index in [-0.39, 0.29) is 29.8 Å². The molecule has 0 saturated heterocycles. The molecule has 8 nitrogen and oxygen atoms in total. The first kappa shape index (κ1) is 13.8. The first-order chi connectivity index (χ1) is 10.7. The third-order valence-electron chi connectivity index (χ3n) is 3.21. The van der Waals surface area contributed by atoms with E-state index in [2.05, 4.69) is 9.97 Å². The lowest BCUT2D eigenvalue weighted by molar-refractivity contribution is 0.0512. The largest absolute Gasteiger partial charge is 0.472 e. The molecular formula is C14H12N4O4. The van der Waals surface area contributed by atoms with Gasteiger partial charge in [0.2, 0.25) is 17.6 Å². The fraction of sp³-hybridized carbons (Fsp3) is 0.214. The molecular weight excluding hydrogens is 288 g/mol. The highest BCUT2D eigenvalue weighted by atomic mass is 16.5. The van der Waals surface area contributed by atoms with E-state index in [0.717, 1.165) is 0 Å². The molecule has 0 amide bonds. The number of H-pyrrole nitrogens is 1. The second-order valence-electron chi connectivity index (χ2n) is 4.51. The van der Waals surface area contributed by atoms with Gasteiger partial charge in [0, 0.05) is 5.56 Å². The van der Waals surface area contributed by atoms with Crippen LogP contribution in [0.5, 0.6) is 5.88 Å². The number of carbonyl (C=O) groups excluding carboxylic acids is 1. The minimum Gasteiger partial charge on any atom is -0.472 e. The molecule has 0 fully saturated rings. The second-order valence-corrected chi connectivity index (χ2v) is 4.51. The Kier molecular flexibility index (Phi) is 3.31. The first-order valence-corrected chi connectivity index (χ1v) is 6.52. The summed E-state index contributed by atoms with van der Waals surface area (Å²) in [5, 5.41) is 9.33. The predicted molar refractivity (Wildman–Crippen MR) is 72.5 cm³/mol. The van der Waals surface area contributed by atoms with Crippen LogP contribution in [-0.2, 0) is 4.74 Å². The molecule has 0 spiro atoms. The number of nitrogens with two attached hydrogens (primary N) is 1. The Hall–Kier alpha value is -3.21. The number of nitrogens with one attached hydrogen (secondary N) is 1. The van der Waals surface area contributed by atoms with Gasteiger partial charge in [-0.1, -0.05) is 0 Å². The van der Waals surface area contributed by atoms with Gasteiger partial charge in [-0.3, -0.25) is 0 Å². The van der Waals surface area contributed by atoms with Crippen LogP contribution in [0.3, 0.4) is 0 Å². The molecule has 0 saturated carbocycles. The lowest BCUT2D eigenvalue weighted by Gasteiger charge is -2.20. The fourth-order valence-corrected chi connectivity index (χ4v) is 2.28. The summed E-state index contributed by atoms with van der Waals surface area (Å²) in [5.74, 6) is -1.06. The molecule has 0 bridgehead atoms. The van der Waals surface area contributed by atoms with Crippen LogP contribution in [0.25, 0.3) is 0 Å². The maximum absolute atomic E-state index is 11.8. The fourth-order valence-electron chi connectivity index (χ4n) is 2.28. The molecule has 1 atom stereocenters. The maximum Gasteiger partial charge on any atom is 0.374 e. The lowest BCUT2D eigenvalue weighted by atomic mass is 9.90. The summed E-state index contributed by atoms with van der Waals surface area (Å²) >= 11 is 0. The standard InChI is InChI=1S/C14H12N4O4/c1-2-21-14(19)12-17-10-9(7-3-4-20-6-7)8(5-15)11(16)22-13(10)18-12/h3-4,6,9H,2,16H2,1H3,(H,17,18)/t9-/m0/s1. The Morgan fingerprint density at radius 3 is 3.09 bits per heavy atom. The SMILES string of the molecule is CCOC(=O)c1nc2c([nH]1)[C@@H](c1ccoc1)C(C#N)=C(N)O2. The number of allylic oxidation sites excluding steroid dienone is 1. The van der Waals surface area contributed by atoms with Crippen molar-refractivity contribution < 1.29 is 18.7 Å². The number of hydrogen-bond acceptors (Lipinski definition) is 7. The van der Waals surface area contributed by atoms with Gasteiger partial charge in [-0.25, -0.2) is 4.79 Å². The van der Waals surface area contributed by atoms with Gasteiger partial charge < -0.3 is 24.6 Å².